The van der Waals surface area contributed by atoms with E-state index in [-0.39, 0.29) is 11.3 Å². The second kappa shape index (κ2) is 6.38. The van der Waals surface area contributed by atoms with Crippen LogP contribution in [0, 0.1) is 0 Å². The zero-order chi connectivity index (χ0) is 15.2. The van der Waals surface area contributed by atoms with Crippen LogP contribution in [0.25, 0.3) is 0 Å². The lowest BCUT2D eigenvalue weighted by Crippen LogP contribution is -2.18. The van der Waals surface area contributed by atoms with Crippen LogP contribution in [0.3, 0.4) is 0 Å². The minimum absolute atomic E-state index is 0.147. The predicted octanol–water partition coefficient (Wildman–Crippen LogP) is 1.81. The number of rotatable bonds is 3. The fourth-order valence-electron chi connectivity index (χ4n) is 1.62. The molecule has 7 nitrogen and oxygen atoms in total. The first-order chi connectivity index (χ1) is 10.1. The number of carbonyl (C=O) groups is 2. The Morgan fingerprint density at radius 3 is 2.38 bits per heavy atom. The van der Waals surface area contributed by atoms with Crippen LogP contribution < -0.4 is 16.2 Å². The van der Waals surface area contributed by atoms with E-state index in [9.17, 15) is 14.4 Å². The summed E-state index contributed by atoms with van der Waals surface area (Å²) in [7, 11) is 1.26. The SMILES string of the molecule is COC(=O)Nc1cccc(NC(=O)c2cccc(=O)[nH]2)c1. The molecule has 0 saturated heterocycles. The minimum Gasteiger partial charge on any atom is -0.453 e. The van der Waals surface area contributed by atoms with Gasteiger partial charge >= 0.3 is 6.09 Å². The standard InChI is InChI=1S/C14H13N3O4/c1-21-14(20)16-10-5-2-4-9(8-10)15-13(19)11-6-3-7-12(18)17-11/h2-8H,1H3,(H,15,19)(H,16,20)(H,17,18). The fourth-order valence-corrected chi connectivity index (χ4v) is 1.62. The van der Waals surface area contributed by atoms with Crippen molar-refractivity contribution in [3.05, 3.63) is 58.5 Å². The van der Waals surface area contributed by atoms with Crippen LogP contribution in [-0.2, 0) is 4.74 Å². The molecule has 1 aromatic heterocycles. The van der Waals surface area contributed by atoms with Crippen molar-refractivity contribution in [2.45, 2.75) is 0 Å². The van der Waals surface area contributed by atoms with Crippen LogP contribution in [-0.4, -0.2) is 24.1 Å². The molecule has 0 atom stereocenters. The molecule has 2 rings (SSSR count). The van der Waals surface area contributed by atoms with Crippen LogP contribution >= 0.6 is 0 Å². The quantitative estimate of drug-likeness (QED) is 0.801. The topological polar surface area (TPSA) is 100 Å². The Morgan fingerprint density at radius 2 is 1.71 bits per heavy atom. The summed E-state index contributed by atoms with van der Waals surface area (Å²) < 4.78 is 4.48. The van der Waals surface area contributed by atoms with Crippen LogP contribution in [0.2, 0.25) is 0 Å². The molecule has 108 valence electrons. The van der Waals surface area contributed by atoms with E-state index in [1.807, 2.05) is 0 Å². The molecule has 0 spiro atoms. The van der Waals surface area contributed by atoms with Crippen molar-refractivity contribution in [3.63, 3.8) is 0 Å². The molecule has 0 radical (unpaired) electrons. The molecule has 0 fully saturated rings. The molecular formula is C14H13N3O4. The van der Waals surface area contributed by atoms with Crippen molar-refractivity contribution in [1.29, 1.82) is 0 Å². The van der Waals surface area contributed by atoms with E-state index in [1.54, 1.807) is 24.3 Å². The molecule has 2 aromatic rings. The molecular weight excluding hydrogens is 274 g/mol. The number of H-pyrrole nitrogens is 1. The first kappa shape index (κ1) is 14.3. The van der Waals surface area contributed by atoms with Gasteiger partial charge < -0.3 is 15.0 Å². The molecule has 0 aliphatic heterocycles. The van der Waals surface area contributed by atoms with Gasteiger partial charge in [-0.3, -0.25) is 14.9 Å². The number of benzene rings is 1. The third kappa shape index (κ3) is 3.93. The number of methoxy groups -OCH3 is 1. The molecule has 1 heterocycles. The average Bonchev–Trinajstić information content (AvgIpc) is 2.47. The van der Waals surface area contributed by atoms with Crippen molar-refractivity contribution in [2.24, 2.45) is 0 Å². The number of ether oxygens (including phenoxy) is 1. The Bertz CT molecular complexity index is 724. The summed E-state index contributed by atoms with van der Waals surface area (Å²) in [6.45, 7) is 0. The lowest BCUT2D eigenvalue weighted by Gasteiger charge is -2.08. The Kier molecular flexibility index (Phi) is 4.35. The summed E-state index contributed by atoms with van der Waals surface area (Å²) in [6, 6.07) is 10.8. The summed E-state index contributed by atoms with van der Waals surface area (Å²) in [4.78, 5) is 36.7. The van der Waals surface area contributed by atoms with Gasteiger partial charge in [0.2, 0.25) is 5.56 Å². The smallest absolute Gasteiger partial charge is 0.411 e. The van der Waals surface area contributed by atoms with E-state index in [2.05, 4.69) is 20.4 Å². The summed E-state index contributed by atoms with van der Waals surface area (Å²) in [5.74, 6) is -0.456. The summed E-state index contributed by atoms with van der Waals surface area (Å²) in [5.41, 5.74) is 0.734. The number of aromatic nitrogens is 1. The molecule has 1 aromatic carbocycles. The largest absolute Gasteiger partial charge is 0.453 e. The monoisotopic (exact) mass is 287 g/mol. The van der Waals surface area contributed by atoms with E-state index in [4.69, 9.17) is 0 Å². The number of pyridine rings is 1. The van der Waals surface area contributed by atoms with Gasteiger partial charge in [0.25, 0.3) is 5.91 Å². The van der Waals surface area contributed by atoms with Crippen molar-refractivity contribution in [3.8, 4) is 0 Å². The number of aromatic amines is 1. The zero-order valence-electron chi connectivity index (χ0n) is 11.2. The van der Waals surface area contributed by atoms with Gasteiger partial charge in [0, 0.05) is 17.4 Å². The van der Waals surface area contributed by atoms with Gasteiger partial charge in [-0.05, 0) is 24.3 Å². The maximum atomic E-state index is 12.0. The van der Waals surface area contributed by atoms with Crippen molar-refractivity contribution in [2.75, 3.05) is 17.7 Å². The molecule has 3 N–H and O–H groups in total. The lowest BCUT2D eigenvalue weighted by atomic mass is 10.2. The molecule has 0 unspecified atom stereocenters. The van der Waals surface area contributed by atoms with E-state index in [0.717, 1.165) is 0 Å². The Labute approximate surface area is 120 Å². The molecule has 0 aliphatic rings. The highest BCUT2D eigenvalue weighted by atomic mass is 16.5. The second-order valence-electron chi connectivity index (χ2n) is 4.08. The second-order valence-corrected chi connectivity index (χ2v) is 4.08. The predicted molar refractivity (Wildman–Crippen MR) is 77.5 cm³/mol. The number of anilines is 2. The van der Waals surface area contributed by atoms with E-state index < -0.39 is 12.0 Å². The maximum Gasteiger partial charge on any atom is 0.411 e. The molecule has 21 heavy (non-hydrogen) atoms. The van der Waals surface area contributed by atoms with Crippen LogP contribution in [0.1, 0.15) is 10.5 Å². The highest BCUT2D eigenvalue weighted by molar-refractivity contribution is 6.03. The zero-order valence-corrected chi connectivity index (χ0v) is 11.2. The van der Waals surface area contributed by atoms with Gasteiger partial charge in [0.05, 0.1) is 7.11 Å². The maximum absolute atomic E-state index is 12.0. The van der Waals surface area contributed by atoms with Crippen LogP contribution in [0.15, 0.2) is 47.3 Å². The van der Waals surface area contributed by atoms with Gasteiger partial charge in [-0.2, -0.15) is 0 Å². The van der Waals surface area contributed by atoms with Gasteiger partial charge in [-0.1, -0.05) is 12.1 Å². The number of amides is 2. The first-order valence-electron chi connectivity index (χ1n) is 6.04. The summed E-state index contributed by atoms with van der Waals surface area (Å²) in [5, 5.41) is 5.10. The third-order valence-corrected chi connectivity index (χ3v) is 2.57. The van der Waals surface area contributed by atoms with E-state index in [1.165, 1.54) is 25.3 Å². The number of nitrogens with one attached hydrogen (secondary N) is 3. The van der Waals surface area contributed by atoms with E-state index in [0.29, 0.717) is 11.4 Å². The van der Waals surface area contributed by atoms with Crippen molar-refractivity contribution >= 4 is 23.4 Å². The minimum atomic E-state index is -0.606. The molecule has 0 bridgehead atoms. The molecule has 0 aliphatic carbocycles. The molecule has 7 heteroatoms. The number of hydrogen-bond acceptors (Lipinski definition) is 4. The average molecular weight is 287 g/mol. The first-order valence-corrected chi connectivity index (χ1v) is 6.04. The summed E-state index contributed by atoms with van der Waals surface area (Å²) in [6.07, 6.45) is -0.606. The summed E-state index contributed by atoms with van der Waals surface area (Å²) >= 11 is 0. The van der Waals surface area contributed by atoms with Gasteiger partial charge in [0.1, 0.15) is 5.69 Å². The molecule has 0 saturated carbocycles. The Hall–Kier alpha value is -3.09. The van der Waals surface area contributed by atoms with Gasteiger partial charge in [-0.25, -0.2) is 4.79 Å². The van der Waals surface area contributed by atoms with Crippen LogP contribution in [0.4, 0.5) is 16.2 Å². The van der Waals surface area contributed by atoms with E-state index >= 15 is 0 Å². The highest BCUT2D eigenvalue weighted by Gasteiger charge is 2.07. The number of carbonyl (C=O) groups excluding carboxylic acids is 2. The van der Waals surface area contributed by atoms with Gasteiger partial charge in [0.15, 0.2) is 0 Å². The van der Waals surface area contributed by atoms with Crippen LogP contribution in [0.5, 0.6) is 0 Å². The Balaban J connectivity index is 2.12. The number of hydrogen-bond donors (Lipinski definition) is 3. The fraction of sp³-hybridized carbons (Fsp3) is 0.0714. The Morgan fingerprint density at radius 1 is 1.05 bits per heavy atom. The van der Waals surface area contributed by atoms with Gasteiger partial charge in [-0.15, -0.1) is 0 Å². The highest BCUT2D eigenvalue weighted by Crippen LogP contribution is 2.15. The van der Waals surface area contributed by atoms with Crippen molar-refractivity contribution < 1.29 is 14.3 Å². The molecule has 2 amide bonds. The lowest BCUT2D eigenvalue weighted by molar-refractivity contribution is 0.102. The van der Waals surface area contributed by atoms with Crippen molar-refractivity contribution in [1.82, 2.24) is 4.98 Å². The normalized spacial score (nSPS) is 9.76. The third-order valence-electron chi connectivity index (χ3n) is 2.57.